The van der Waals surface area contributed by atoms with Gasteiger partial charge in [-0.15, -0.1) is 0 Å². The molecule has 1 aromatic carbocycles. The molecule has 20 heavy (non-hydrogen) atoms. The van der Waals surface area contributed by atoms with Gasteiger partial charge in [-0.1, -0.05) is 41.1 Å². The van der Waals surface area contributed by atoms with Crippen LogP contribution >= 0.6 is 15.9 Å². The van der Waals surface area contributed by atoms with E-state index >= 15 is 0 Å². The fourth-order valence-corrected chi connectivity index (χ4v) is 3.16. The van der Waals surface area contributed by atoms with E-state index in [1.54, 1.807) is 0 Å². The second-order valence-electron chi connectivity index (χ2n) is 4.89. The van der Waals surface area contributed by atoms with Crippen LogP contribution in [0.3, 0.4) is 0 Å². The Labute approximate surface area is 128 Å². The second kappa shape index (κ2) is 6.93. The van der Waals surface area contributed by atoms with Crippen LogP contribution in [-0.2, 0) is 9.53 Å². The number of ether oxygens (including phenoxy) is 1. The summed E-state index contributed by atoms with van der Waals surface area (Å²) >= 11 is 3.76. The minimum atomic E-state index is -0.233. The summed E-state index contributed by atoms with van der Waals surface area (Å²) < 4.78 is 4.87. The molecule has 0 spiro atoms. The molecule has 0 aliphatic carbocycles. The number of carbonyl (C=O) groups is 1. The zero-order valence-corrected chi connectivity index (χ0v) is 13.5. The highest BCUT2D eigenvalue weighted by Gasteiger charge is 2.22. The van der Waals surface area contributed by atoms with Crippen molar-refractivity contribution in [2.75, 3.05) is 18.6 Å². The number of halogens is 1. The van der Waals surface area contributed by atoms with Gasteiger partial charge in [-0.25, -0.2) is 4.79 Å². The quantitative estimate of drug-likeness (QED) is 0.474. The predicted octanol–water partition coefficient (Wildman–Crippen LogP) is 3.97. The number of anilines is 1. The highest BCUT2D eigenvalue weighted by Crippen LogP contribution is 2.32. The van der Waals surface area contributed by atoms with Gasteiger partial charge in [0.2, 0.25) is 0 Å². The maximum absolute atomic E-state index is 11.8. The van der Waals surface area contributed by atoms with Gasteiger partial charge in [-0.3, -0.25) is 0 Å². The Morgan fingerprint density at radius 1 is 1.45 bits per heavy atom. The van der Waals surface area contributed by atoms with Gasteiger partial charge in [0.1, 0.15) is 0 Å². The lowest BCUT2D eigenvalue weighted by atomic mass is 10.0. The fraction of sp³-hybridized carbons (Fsp3) is 0.438. The first-order valence-electron chi connectivity index (χ1n) is 6.96. The summed E-state index contributed by atoms with van der Waals surface area (Å²) in [5.74, 6) is -0.233. The average molecular weight is 338 g/mol. The summed E-state index contributed by atoms with van der Waals surface area (Å²) in [5.41, 5.74) is 2.98. The van der Waals surface area contributed by atoms with Gasteiger partial charge >= 0.3 is 5.97 Å². The van der Waals surface area contributed by atoms with Crippen molar-refractivity contribution in [1.82, 2.24) is 0 Å². The predicted molar refractivity (Wildman–Crippen MR) is 86.0 cm³/mol. The molecular weight excluding hydrogens is 318 g/mol. The van der Waals surface area contributed by atoms with Gasteiger partial charge in [0.05, 0.1) is 12.1 Å². The van der Waals surface area contributed by atoms with Gasteiger partial charge in [-0.2, -0.15) is 0 Å². The SMILES string of the molecule is CCCN1c2ccccc2C=C(C(=O)OC)CCC1Br. The second-order valence-corrected chi connectivity index (χ2v) is 5.94. The third kappa shape index (κ3) is 3.23. The van der Waals surface area contributed by atoms with Crippen molar-refractivity contribution < 1.29 is 9.53 Å². The van der Waals surface area contributed by atoms with Crippen LogP contribution in [0.4, 0.5) is 5.69 Å². The molecule has 0 radical (unpaired) electrons. The molecule has 0 amide bonds. The number of benzene rings is 1. The molecule has 2 rings (SSSR count). The van der Waals surface area contributed by atoms with Crippen molar-refractivity contribution in [3.63, 3.8) is 0 Å². The van der Waals surface area contributed by atoms with E-state index in [1.807, 2.05) is 24.3 Å². The summed E-state index contributed by atoms with van der Waals surface area (Å²) in [7, 11) is 1.43. The fourth-order valence-electron chi connectivity index (χ4n) is 2.51. The van der Waals surface area contributed by atoms with Gasteiger partial charge in [0.15, 0.2) is 0 Å². The van der Waals surface area contributed by atoms with Crippen molar-refractivity contribution in [3.05, 3.63) is 35.4 Å². The molecule has 1 aliphatic heterocycles. The zero-order chi connectivity index (χ0) is 14.5. The number of hydrogen-bond donors (Lipinski definition) is 0. The van der Waals surface area contributed by atoms with Crippen molar-refractivity contribution in [1.29, 1.82) is 0 Å². The van der Waals surface area contributed by atoms with Crippen molar-refractivity contribution >= 4 is 33.7 Å². The van der Waals surface area contributed by atoms with E-state index < -0.39 is 0 Å². The van der Waals surface area contributed by atoms with E-state index in [4.69, 9.17) is 4.74 Å². The smallest absolute Gasteiger partial charge is 0.333 e. The number of para-hydroxylation sites is 1. The van der Waals surface area contributed by atoms with E-state index in [1.165, 1.54) is 7.11 Å². The van der Waals surface area contributed by atoms with Crippen LogP contribution in [0.25, 0.3) is 6.08 Å². The molecule has 1 unspecified atom stereocenters. The molecule has 4 heteroatoms. The van der Waals surface area contributed by atoms with Crippen LogP contribution in [0.2, 0.25) is 0 Å². The standard InChI is InChI=1S/C16H20BrNO2/c1-3-10-18-14-7-5-4-6-12(14)11-13(16(19)20-2)8-9-15(18)17/h4-7,11,15H,3,8-10H2,1-2H3. The maximum Gasteiger partial charge on any atom is 0.333 e. The topological polar surface area (TPSA) is 29.5 Å². The highest BCUT2D eigenvalue weighted by atomic mass is 79.9. The Morgan fingerprint density at radius 2 is 2.20 bits per heavy atom. The van der Waals surface area contributed by atoms with Gasteiger partial charge in [0, 0.05) is 17.8 Å². The molecule has 1 aromatic rings. The molecule has 0 fully saturated rings. The summed E-state index contributed by atoms with van der Waals surface area (Å²) in [6.07, 6.45) is 4.65. The minimum absolute atomic E-state index is 0.233. The van der Waals surface area contributed by atoms with E-state index in [9.17, 15) is 4.79 Å². The molecule has 108 valence electrons. The van der Waals surface area contributed by atoms with Crippen molar-refractivity contribution in [2.45, 2.75) is 31.1 Å². The molecule has 1 aliphatic rings. The van der Waals surface area contributed by atoms with Crippen LogP contribution in [0, 0.1) is 0 Å². The molecule has 0 saturated heterocycles. The number of fused-ring (bicyclic) bond motifs is 1. The van der Waals surface area contributed by atoms with Crippen LogP contribution in [0.15, 0.2) is 29.8 Å². The number of hydrogen-bond acceptors (Lipinski definition) is 3. The molecule has 1 atom stereocenters. The molecular formula is C16H20BrNO2. The van der Waals surface area contributed by atoms with Crippen molar-refractivity contribution in [2.24, 2.45) is 0 Å². The number of nitrogens with zero attached hydrogens (tertiary/aromatic N) is 1. The van der Waals surface area contributed by atoms with Crippen LogP contribution in [-0.4, -0.2) is 24.6 Å². The summed E-state index contributed by atoms with van der Waals surface area (Å²) in [6.45, 7) is 3.17. The normalized spacial score (nSPS) is 18.6. The average Bonchev–Trinajstić information content (AvgIpc) is 2.47. The largest absolute Gasteiger partial charge is 0.466 e. The number of alkyl halides is 1. The summed E-state index contributed by atoms with van der Waals surface area (Å²) in [6, 6.07) is 8.19. The molecule has 0 N–H and O–H groups in total. The molecule has 0 aromatic heterocycles. The Bertz CT molecular complexity index is 513. The minimum Gasteiger partial charge on any atom is -0.466 e. The third-order valence-electron chi connectivity index (χ3n) is 3.48. The Kier molecular flexibility index (Phi) is 5.24. The highest BCUT2D eigenvalue weighted by molar-refractivity contribution is 9.09. The van der Waals surface area contributed by atoms with Crippen LogP contribution < -0.4 is 4.90 Å². The Balaban J connectivity index is 2.47. The molecule has 0 bridgehead atoms. The molecule has 0 saturated carbocycles. The van der Waals surface area contributed by atoms with E-state index in [0.717, 1.165) is 42.6 Å². The summed E-state index contributed by atoms with van der Waals surface area (Å²) in [4.78, 5) is 14.4. The number of rotatable bonds is 3. The van der Waals surface area contributed by atoms with Gasteiger partial charge < -0.3 is 9.64 Å². The number of carbonyl (C=O) groups excluding carboxylic acids is 1. The first-order chi connectivity index (χ1) is 9.67. The lowest BCUT2D eigenvalue weighted by Gasteiger charge is -2.32. The van der Waals surface area contributed by atoms with E-state index in [0.29, 0.717) is 0 Å². The van der Waals surface area contributed by atoms with E-state index in [2.05, 4.69) is 33.8 Å². The monoisotopic (exact) mass is 337 g/mol. The number of methoxy groups -OCH3 is 1. The van der Waals surface area contributed by atoms with Crippen LogP contribution in [0.1, 0.15) is 31.7 Å². The Morgan fingerprint density at radius 3 is 2.90 bits per heavy atom. The van der Waals surface area contributed by atoms with Gasteiger partial charge in [-0.05, 0) is 37.0 Å². The molecule has 3 nitrogen and oxygen atoms in total. The first-order valence-corrected chi connectivity index (χ1v) is 7.87. The van der Waals surface area contributed by atoms with E-state index in [-0.39, 0.29) is 10.9 Å². The lowest BCUT2D eigenvalue weighted by molar-refractivity contribution is -0.136. The molecule has 1 heterocycles. The number of esters is 1. The van der Waals surface area contributed by atoms with Crippen LogP contribution in [0.5, 0.6) is 0 Å². The summed E-state index contributed by atoms with van der Waals surface area (Å²) in [5, 5.41) is 0. The maximum atomic E-state index is 11.8. The third-order valence-corrected chi connectivity index (χ3v) is 4.43. The first kappa shape index (κ1) is 15.1. The zero-order valence-electron chi connectivity index (χ0n) is 11.9. The Hall–Kier alpha value is -1.29. The van der Waals surface area contributed by atoms with Gasteiger partial charge in [0.25, 0.3) is 0 Å². The van der Waals surface area contributed by atoms with Crippen molar-refractivity contribution in [3.8, 4) is 0 Å². The lowest BCUT2D eigenvalue weighted by Crippen LogP contribution is -2.33.